The van der Waals surface area contributed by atoms with Gasteiger partial charge in [0.05, 0.1) is 6.04 Å². The molecule has 1 aliphatic rings. The van der Waals surface area contributed by atoms with Crippen LogP contribution < -0.4 is 11.5 Å². The summed E-state index contributed by atoms with van der Waals surface area (Å²) >= 11 is 0. The fraction of sp³-hybridized carbons (Fsp3) is 0.818. The summed E-state index contributed by atoms with van der Waals surface area (Å²) in [6.45, 7) is 0. The van der Waals surface area contributed by atoms with Crippen LogP contribution in [0.5, 0.6) is 0 Å². The Bertz CT molecular complexity index is 262. The van der Waals surface area contributed by atoms with Crippen molar-refractivity contribution < 1.29 is 0 Å². The second-order valence-corrected chi connectivity index (χ2v) is 4.50. The van der Waals surface area contributed by atoms with E-state index in [2.05, 4.69) is 9.98 Å². The third kappa shape index (κ3) is 4.51. The molecule has 4 N–H and O–H groups in total. The monoisotopic (exact) mass is 225 g/mol. The summed E-state index contributed by atoms with van der Waals surface area (Å²) < 4.78 is 0. The van der Waals surface area contributed by atoms with Gasteiger partial charge in [0, 0.05) is 14.1 Å². The van der Waals surface area contributed by atoms with Crippen molar-refractivity contribution >= 4 is 11.9 Å². The molecule has 0 aromatic rings. The topological polar surface area (TPSA) is 80.0 Å². The van der Waals surface area contributed by atoms with Crippen LogP contribution in [0.3, 0.4) is 0 Å². The van der Waals surface area contributed by atoms with E-state index in [-0.39, 0.29) is 0 Å². The van der Waals surface area contributed by atoms with Gasteiger partial charge in [-0.15, -0.1) is 0 Å². The predicted octanol–water partition coefficient (Wildman–Crippen LogP) is 0.900. The van der Waals surface area contributed by atoms with E-state index in [0.29, 0.717) is 18.0 Å². The number of nitrogens with two attached hydrogens (primary N) is 2. The molecule has 0 heterocycles. The van der Waals surface area contributed by atoms with Crippen LogP contribution in [0.4, 0.5) is 0 Å². The number of guanidine groups is 2. The Labute approximate surface area is 97.6 Å². The molecule has 5 nitrogen and oxygen atoms in total. The largest absolute Gasteiger partial charge is 0.369 e. The van der Waals surface area contributed by atoms with Gasteiger partial charge in [0.2, 0.25) is 5.96 Å². The number of hydrogen-bond acceptors (Lipinski definition) is 1. The SMILES string of the molecule is CN(C)C(N)=NC(N)=NC1CCCCCC1. The van der Waals surface area contributed by atoms with Crippen molar-refractivity contribution in [3.63, 3.8) is 0 Å². The molecule has 0 aromatic heterocycles. The van der Waals surface area contributed by atoms with Gasteiger partial charge in [0.1, 0.15) is 0 Å². The molecule has 92 valence electrons. The van der Waals surface area contributed by atoms with Gasteiger partial charge in [-0.05, 0) is 12.8 Å². The maximum atomic E-state index is 5.75. The fourth-order valence-electron chi connectivity index (χ4n) is 1.82. The lowest BCUT2D eigenvalue weighted by atomic mass is 10.1. The van der Waals surface area contributed by atoms with Crippen molar-refractivity contribution in [3.8, 4) is 0 Å². The minimum atomic E-state index is 0.304. The summed E-state index contributed by atoms with van der Waals surface area (Å²) in [5, 5.41) is 0. The Morgan fingerprint density at radius 2 is 1.62 bits per heavy atom. The molecule has 0 unspecified atom stereocenters. The molecule has 0 aromatic carbocycles. The molecular weight excluding hydrogens is 202 g/mol. The number of nitrogens with zero attached hydrogens (tertiary/aromatic N) is 3. The van der Waals surface area contributed by atoms with Crippen molar-refractivity contribution in [3.05, 3.63) is 0 Å². The Balaban J connectivity index is 2.57. The highest BCUT2D eigenvalue weighted by molar-refractivity contribution is 5.93. The highest BCUT2D eigenvalue weighted by Gasteiger charge is 2.11. The Hall–Kier alpha value is -1.26. The van der Waals surface area contributed by atoms with Crippen LogP contribution in [0.15, 0.2) is 9.98 Å². The first-order valence-corrected chi connectivity index (χ1v) is 5.94. The summed E-state index contributed by atoms with van der Waals surface area (Å²) in [5.74, 6) is 0.702. The van der Waals surface area contributed by atoms with Crippen LogP contribution in [0.25, 0.3) is 0 Å². The summed E-state index contributed by atoms with van der Waals surface area (Å²) in [7, 11) is 3.66. The van der Waals surface area contributed by atoms with Crippen LogP contribution in [0, 0.1) is 0 Å². The van der Waals surface area contributed by atoms with Gasteiger partial charge in [-0.3, -0.25) is 0 Å². The Morgan fingerprint density at radius 3 is 2.12 bits per heavy atom. The minimum Gasteiger partial charge on any atom is -0.369 e. The molecule has 0 aliphatic heterocycles. The molecule has 0 atom stereocenters. The molecular formula is C11H23N5. The van der Waals surface area contributed by atoms with Crippen LogP contribution in [0.1, 0.15) is 38.5 Å². The van der Waals surface area contributed by atoms with E-state index in [1.165, 1.54) is 25.7 Å². The molecule has 0 radical (unpaired) electrons. The van der Waals surface area contributed by atoms with E-state index in [9.17, 15) is 0 Å². The number of aliphatic imine (C=N–C) groups is 2. The quantitative estimate of drug-likeness (QED) is 0.395. The first-order chi connectivity index (χ1) is 7.59. The average molecular weight is 225 g/mol. The van der Waals surface area contributed by atoms with Gasteiger partial charge in [0.25, 0.3) is 0 Å². The van der Waals surface area contributed by atoms with Crippen molar-refractivity contribution in [2.45, 2.75) is 44.6 Å². The van der Waals surface area contributed by atoms with Gasteiger partial charge in [-0.2, -0.15) is 4.99 Å². The van der Waals surface area contributed by atoms with Crippen LogP contribution >= 0.6 is 0 Å². The molecule has 0 spiro atoms. The van der Waals surface area contributed by atoms with Crippen LogP contribution in [0.2, 0.25) is 0 Å². The standard InChI is InChI=1S/C11H23N5/c1-16(2)11(13)15-10(12)14-9-7-5-3-4-6-8-9/h9H,3-8H2,1-2H3,(H4,12,13,14,15). The lowest BCUT2D eigenvalue weighted by Crippen LogP contribution is -2.32. The van der Waals surface area contributed by atoms with E-state index in [0.717, 1.165) is 12.8 Å². The van der Waals surface area contributed by atoms with Gasteiger partial charge >= 0.3 is 0 Å². The van der Waals surface area contributed by atoms with Gasteiger partial charge < -0.3 is 16.4 Å². The summed E-state index contributed by atoms with van der Waals surface area (Å²) in [5.41, 5.74) is 11.4. The minimum absolute atomic E-state index is 0.304. The normalized spacial score (nSPS) is 20.6. The number of rotatable bonds is 1. The second kappa shape index (κ2) is 6.35. The maximum absolute atomic E-state index is 5.75. The number of hydrogen-bond donors (Lipinski definition) is 2. The highest BCUT2D eigenvalue weighted by atomic mass is 15.2. The lowest BCUT2D eigenvalue weighted by Gasteiger charge is -2.11. The van der Waals surface area contributed by atoms with Crippen LogP contribution in [-0.4, -0.2) is 37.0 Å². The zero-order valence-electron chi connectivity index (χ0n) is 10.3. The molecule has 5 heteroatoms. The Morgan fingerprint density at radius 1 is 1.06 bits per heavy atom. The third-order valence-corrected chi connectivity index (χ3v) is 2.83. The second-order valence-electron chi connectivity index (χ2n) is 4.50. The van der Waals surface area contributed by atoms with E-state index in [1.807, 2.05) is 14.1 Å². The highest BCUT2D eigenvalue weighted by Crippen LogP contribution is 2.19. The van der Waals surface area contributed by atoms with Crippen molar-refractivity contribution in [1.82, 2.24) is 4.90 Å². The van der Waals surface area contributed by atoms with Crippen molar-refractivity contribution in [1.29, 1.82) is 0 Å². The van der Waals surface area contributed by atoms with Crippen molar-refractivity contribution in [2.75, 3.05) is 14.1 Å². The van der Waals surface area contributed by atoms with Crippen molar-refractivity contribution in [2.24, 2.45) is 21.5 Å². The molecule has 1 aliphatic carbocycles. The smallest absolute Gasteiger partial charge is 0.218 e. The maximum Gasteiger partial charge on any atom is 0.218 e. The van der Waals surface area contributed by atoms with E-state index in [4.69, 9.17) is 11.5 Å². The van der Waals surface area contributed by atoms with Gasteiger partial charge in [0.15, 0.2) is 5.96 Å². The van der Waals surface area contributed by atoms with E-state index in [1.54, 1.807) is 4.90 Å². The first kappa shape index (κ1) is 12.8. The third-order valence-electron chi connectivity index (χ3n) is 2.83. The molecule has 1 fully saturated rings. The lowest BCUT2D eigenvalue weighted by molar-refractivity contribution is 0.583. The van der Waals surface area contributed by atoms with E-state index < -0.39 is 0 Å². The molecule has 1 rings (SSSR count). The predicted molar refractivity (Wildman–Crippen MR) is 68.4 cm³/mol. The van der Waals surface area contributed by atoms with Crippen LogP contribution in [-0.2, 0) is 0 Å². The van der Waals surface area contributed by atoms with Gasteiger partial charge in [-0.25, -0.2) is 4.99 Å². The van der Waals surface area contributed by atoms with Gasteiger partial charge in [-0.1, -0.05) is 25.7 Å². The zero-order chi connectivity index (χ0) is 12.0. The molecule has 0 amide bonds. The zero-order valence-corrected chi connectivity index (χ0v) is 10.3. The summed E-state index contributed by atoms with van der Waals surface area (Å²) in [6, 6.07) is 0.334. The van der Waals surface area contributed by atoms with E-state index >= 15 is 0 Å². The molecule has 16 heavy (non-hydrogen) atoms. The first-order valence-electron chi connectivity index (χ1n) is 5.94. The Kier molecular flexibility index (Phi) is 5.08. The summed E-state index contributed by atoms with van der Waals surface area (Å²) in [4.78, 5) is 10.2. The molecule has 0 saturated heterocycles. The molecule has 1 saturated carbocycles. The average Bonchev–Trinajstić information content (AvgIpc) is 2.45. The molecule has 0 bridgehead atoms. The summed E-state index contributed by atoms with van der Waals surface area (Å²) in [6.07, 6.45) is 7.36. The fourth-order valence-corrected chi connectivity index (χ4v) is 1.82.